The second kappa shape index (κ2) is 6.90. The van der Waals surface area contributed by atoms with Crippen molar-refractivity contribution >= 4 is 16.1 Å². The van der Waals surface area contributed by atoms with E-state index in [2.05, 4.69) is 5.43 Å². The van der Waals surface area contributed by atoms with Gasteiger partial charge in [-0.15, -0.1) is 0 Å². The normalized spacial score (nSPS) is 19.1. The first kappa shape index (κ1) is 18.4. The molecule has 6 nitrogen and oxygen atoms in total. The summed E-state index contributed by atoms with van der Waals surface area (Å²) < 4.78 is 54.4. The van der Waals surface area contributed by atoms with Crippen LogP contribution in [0.15, 0.2) is 65.2 Å². The number of allylic oxidation sites excluding steroid dienone is 1. The van der Waals surface area contributed by atoms with Gasteiger partial charge in [0.2, 0.25) is 0 Å². The maximum Gasteiger partial charge on any atom is 0.350 e. The molecule has 0 saturated heterocycles. The maximum absolute atomic E-state index is 13.9. The molecule has 1 atom stereocenters. The predicted octanol–water partition coefficient (Wildman–Crippen LogP) is 3.22. The van der Waals surface area contributed by atoms with Gasteiger partial charge in [0.25, 0.3) is 10.0 Å². The second-order valence-electron chi connectivity index (χ2n) is 6.70. The van der Waals surface area contributed by atoms with E-state index in [4.69, 9.17) is 0 Å². The molecule has 1 aliphatic heterocycles. The summed E-state index contributed by atoms with van der Waals surface area (Å²) in [4.78, 5) is 11.5. The fraction of sp³-hybridized carbons (Fsp3) is 0.211. The monoisotopic (exact) mass is 405 g/mol. The van der Waals surface area contributed by atoms with Crippen molar-refractivity contribution in [1.82, 2.24) is 15.2 Å². The van der Waals surface area contributed by atoms with Gasteiger partial charge in [-0.2, -0.15) is 0 Å². The molecule has 0 radical (unpaired) electrons. The molecule has 1 fully saturated rings. The van der Waals surface area contributed by atoms with Crippen molar-refractivity contribution in [2.24, 2.45) is 5.92 Å². The molecule has 2 aromatic rings. The number of hydrazine groups is 1. The lowest BCUT2D eigenvalue weighted by Gasteiger charge is -2.25. The Bertz CT molecular complexity index is 1030. The van der Waals surface area contributed by atoms with E-state index in [1.54, 1.807) is 16.9 Å². The van der Waals surface area contributed by atoms with E-state index in [1.807, 2.05) is 24.3 Å². The van der Waals surface area contributed by atoms with Gasteiger partial charge in [-0.05, 0) is 36.6 Å². The van der Waals surface area contributed by atoms with Gasteiger partial charge >= 0.3 is 6.03 Å². The number of rotatable bonds is 4. The molecular formula is C19H17F2N3O3S. The lowest BCUT2D eigenvalue weighted by molar-refractivity contribution is 0.178. The van der Waals surface area contributed by atoms with Crippen molar-refractivity contribution in [3.05, 3.63) is 77.5 Å². The highest BCUT2D eigenvalue weighted by Gasteiger charge is 2.38. The molecule has 2 amide bonds. The van der Waals surface area contributed by atoms with Crippen LogP contribution in [-0.4, -0.2) is 19.5 Å². The fourth-order valence-electron chi connectivity index (χ4n) is 3.14. The maximum atomic E-state index is 13.9. The van der Waals surface area contributed by atoms with Crippen molar-refractivity contribution in [1.29, 1.82) is 0 Å². The standard InChI is InChI=1S/C19H17F2N3O3S/c20-14-7-4-8-15(21)18(14)28(26,27)23-19(25)24-17(13-5-2-1-3-6-13)11-16(22-24)12-9-10-12/h1-8,11-12,17,22H,9-10H2,(H,23,25). The Morgan fingerprint density at radius 1 is 1.04 bits per heavy atom. The predicted molar refractivity (Wildman–Crippen MR) is 97.0 cm³/mol. The number of sulfonamides is 1. The second-order valence-corrected chi connectivity index (χ2v) is 8.31. The summed E-state index contributed by atoms with van der Waals surface area (Å²) in [5, 5.41) is 1.12. The van der Waals surface area contributed by atoms with Crippen LogP contribution in [-0.2, 0) is 10.0 Å². The molecule has 1 saturated carbocycles. The third kappa shape index (κ3) is 3.45. The Labute approximate surface area is 160 Å². The highest BCUT2D eigenvalue weighted by Crippen LogP contribution is 2.40. The highest BCUT2D eigenvalue weighted by molar-refractivity contribution is 7.90. The lowest BCUT2D eigenvalue weighted by atomic mass is 10.1. The van der Waals surface area contributed by atoms with Crippen LogP contribution in [0.3, 0.4) is 0 Å². The molecule has 2 N–H and O–H groups in total. The van der Waals surface area contributed by atoms with E-state index in [0.29, 0.717) is 5.92 Å². The van der Waals surface area contributed by atoms with Crippen molar-refractivity contribution in [3.8, 4) is 0 Å². The Kier molecular flexibility index (Phi) is 4.54. The average molecular weight is 405 g/mol. The van der Waals surface area contributed by atoms with Gasteiger partial charge in [-0.1, -0.05) is 36.4 Å². The largest absolute Gasteiger partial charge is 0.350 e. The minimum Gasteiger partial charge on any atom is -0.298 e. The molecule has 0 aromatic heterocycles. The van der Waals surface area contributed by atoms with Crippen molar-refractivity contribution < 1.29 is 22.0 Å². The molecule has 9 heteroatoms. The minimum atomic E-state index is -4.74. The molecule has 2 aliphatic rings. The molecule has 2 aromatic carbocycles. The molecule has 1 heterocycles. The number of nitrogens with one attached hydrogen (secondary N) is 2. The summed E-state index contributed by atoms with van der Waals surface area (Å²) in [6, 6.07) is 10.2. The lowest BCUT2D eigenvalue weighted by Crippen LogP contribution is -2.48. The number of carbonyl (C=O) groups is 1. The summed E-state index contributed by atoms with van der Waals surface area (Å²) >= 11 is 0. The number of halogens is 2. The van der Waals surface area contributed by atoms with Gasteiger partial charge < -0.3 is 0 Å². The fourth-order valence-corrected chi connectivity index (χ4v) is 4.22. The zero-order valence-electron chi connectivity index (χ0n) is 14.6. The number of hydrogen-bond donors (Lipinski definition) is 2. The van der Waals surface area contributed by atoms with E-state index < -0.39 is 38.6 Å². The molecular weight excluding hydrogens is 388 g/mol. The quantitative estimate of drug-likeness (QED) is 0.819. The molecule has 1 aliphatic carbocycles. The Hall–Kier alpha value is -2.94. The third-order valence-electron chi connectivity index (χ3n) is 4.65. The van der Waals surface area contributed by atoms with Gasteiger partial charge in [0.1, 0.15) is 17.7 Å². The smallest absolute Gasteiger partial charge is 0.298 e. The summed E-state index contributed by atoms with van der Waals surface area (Å²) in [6.07, 6.45) is 3.83. The van der Waals surface area contributed by atoms with Gasteiger partial charge in [-0.3, -0.25) is 5.43 Å². The van der Waals surface area contributed by atoms with Crippen LogP contribution < -0.4 is 10.1 Å². The van der Waals surface area contributed by atoms with Crippen LogP contribution in [0.2, 0.25) is 0 Å². The number of amides is 2. The number of hydrogen-bond acceptors (Lipinski definition) is 4. The summed E-state index contributed by atoms with van der Waals surface area (Å²) in [7, 11) is -4.74. The van der Waals surface area contributed by atoms with Crippen LogP contribution in [0.5, 0.6) is 0 Å². The minimum absolute atomic E-state index is 0.296. The number of urea groups is 1. The Morgan fingerprint density at radius 3 is 2.29 bits per heavy atom. The summed E-state index contributed by atoms with van der Waals surface area (Å²) in [5.41, 5.74) is 4.54. The highest BCUT2D eigenvalue weighted by atomic mass is 32.2. The van der Waals surface area contributed by atoms with Crippen LogP contribution >= 0.6 is 0 Å². The summed E-state index contributed by atoms with van der Waals surface area (Å²) in [6.45, 7) is 0. The van der Waals surface area contributed by atoms with Crippen LogP contribution in [0.25, 0.3) is 0 Å². The van der Waals surface area contributed by atoms with Crippen molar-refractivity contribution in [3.63, 3.8) is 0 Å². The van der Waals surface area contributed by atoms with Gasteiger partial charge in [0, 0.05) is 11.6 Å². The van der Waals surface area contributed by atoms with Crippen LogP contribution in [0, 0.1) is 17.6 Å². The number of benzene rings is 2. The van der Waals surface area contributed by atoms with E-state index in [-0.39, 0.29) is 0 Å². The molecule has 0 spiro atoms. The molecule has 4 rings (SSSR count). The zero-order valence-corrected chi connectivity index (χ0v) is 15.4. The average Bonchev–Trinajstić information content (AvgIpc) is 3.40. The van der Waals surface area contributed by atoms with E-state index in [0.717, 1.165) is 47.3 Å². The van der Waals surface area contributed by atoms with Gasteiger partial charge in [0.05, 0.1) is 0 Å². The first-order chi connectivity index (χ1) is 13.4. The summed E-state index contributed by atoms with van der Waals surface area (Å²) in [5.74, 6) is -2.25. The first-order valence-electron chi connectivity index (χ1n) is 8.70. The van der Waals surface area contributed by atoms with Crippen LogP contribution in [0.4, 0.5) is 13.6 Å². The van der Waals surface area contributed by atoms with Gasteiger partial charge in [0.15, 0.2) is 4.90 Å². The molecule has 146 valence electrons. The van der Waals surface area contributed by atoms with Crippen molar-refractivity contribution in [2.45, 2.75) is 23.8 Å². The van der Waals surface area contributed by atoms with E-state index in [1.165, 1.54) is 0 Å². The molecule has 0 bridgehead atoms. The third-order valence-corrected chi connectivity index (χ3v) is 6.02. The van der Waals surface area contributed by atoms with Crippen LogP contribution in [0.1, 0.15) is 24.4 Å². The first-order valence-corrected chi connectivity index (χ1v) is 10.2. The number of nitrogens with zero attached hydrogens (tertiary/aromatic N) is 1. The topological polar surface area (TPSA) is 78.5 Å². The SMILES string of the molecule is O=C(NS(=O)(=O)c1c(F)cccc1F)N1NC(C2CC2)=CC1c1ccccc1. The van der Waals surface area contributed by atoms with Gasteiger partial charge in [-0.25, -0.2) is 31.7 Å². The molecule has 28 heavy (non-hydrogen) atoms. The van der Waals surface area contributed by atoms with E-state index in [9.17, 15) is 22.0 Å². The number of carbonyl (C=O) groups excluding carboxylic acids is 1. The Balaban J connectivity index is 1.61. The zero-order chi connectivity index (χ0) is 19.9. The Morgan fingerprint density at radius 2 is 1.68 bits per heavy atom. The van der Waals surface area contributed by atoms with E-state index >= 15 is 0 Å². The molecule has 1 unspecified atom stereocenters. The van der Waals surface area contributed by atoms with Crippen molar-refractivity contribution in [2.75, 3.05) is 0 Å².